The standard InChI is InChI=1S/C8H14N4OS2/c9-8-5-11(12(7-14)15-8)6-10-1-3-13-4-2-10/h5,7H,1-4,6,9H2. The summed E-state index contributed by atoms with van der Waals surface area (Å²) >= 11 is 6.36. The number of nitrogens with two attached hydrogens (primary N) is 1. The van der Waals surface area contributed by atoms with Gasteiger partial charge >= 0.3 is 0 Å². The van der Waals surface area contributed by atoms with Crippen LogP contribution in [0, 0.1) is 0 Å². The molecular weight excluding hydrogens is 232 g/mol. The average molecular weight is 246 g/mol. The fourth-order valence-corrected chi connectivity index (χ4v) is 2.40. The fraction of sp³-hybridized carbons (Fsp3) is 0.625. The van der Waals surface area contributed by atoms with E-state index in [1.165, 1.54) is 11.9 Å². The molecule has 1 saturated heterocycles. The molecule has 0 aliphatic carbocycles. The molecule has 2 aliphatic rings. The Labute approximate surface area is 98.9 Å². The van der Waals surface area contributed by atoms with Crippen molar-refractivity contribution in [3.05, 3.63) is 11.2 Å². The number of ether oxygens (including phenoxy) is 1. The van der Waals surface area contributed by atoms with Crippen LogP contribution < -0.4 is 5.73 Å². The van der Waals surface area contributed by atoms with Crippen molar-refractivity contribution in [2.45, 2.75) is 0 Å². The van der Waals surface area contributed by atoms with Gasteiger partial charge in [0.25, 0.3) is 0 Å². The summed E-state index contributed by atoms with van der Waals surface area (Å²) in [7, 11) is 0. The van der Waals surface area contributed by atoms with Crippen LogP contribution in [-0.4, -0.2) is 52.8 Å². The largest absolute Gasteiger partial charge is 0.391 e. The van der Waals surface area contributed by atoms with Crippen molar-refractivity contribution in [2.75, 3.05) is 33.0 Å². The number of rotatable bonds is 3. The van der Waals surface area contributed by atoms with Gasteiger partial charge in [-0.2, -0.15) is 0 Å². The molecule has 1 fully saturated rings. The Hall–Kier alpha value is -0.500. The maximum atomic E-state index is 5.73. The lowest BCUT2D eigenvalue weighted by atomic mass is 10.4. The molecule has 2 aliphatic heterocycles. The third kappa shape index (κ3) is 2.75. The van der Waals surface area contributed by atoms with E-state index in [4.69, 9.17) is 22.7 Å². The molecule has 2 heterocycles. The predicted octanol–water partition coefficient (Wildman–Crippen LogP) is 0.172. The highest BCUT2D eigenvalue weighted by molar-refractivity contribution is 8.02. The van der Waals surface area contributed by atoms with Crippen LogP contribution in [0.3, 0.4) is 0 Å². The number of nitrogens with zero attached hydrogens (tertiary/aromatic N) is 3. The van der Waals surface area contributed by atoms with Crippen molar-refractivity contribution < 1.29 is 4.74 Å². The van der Waals surface area contributed by atoms with Crippen molar-refractivity contribution in [2.24, 2.45) is 5.73 Å². The zero-order chi connectivity index (χ0) is 10.7. The first-order chi connectivity index (χ1) is 7.29. The van der Waals surface area contributed by atoms with Crippen LogP contribution in [0.25, 0.3) is 0 Å². The molecule has 0 saturated carbocycles. The summed E-state index contributed by atoms with van der Waals surface area (Å²) in [6.07, 6.45) is 1.91. The maximum absolute atomic E-state index is 5.73. The SMILES string of the molecule is NC1=CN(CN2CCOCC2)N(C=S)S1. The van der Waals surface area contributed by atoms with Gasteiger partial charge in [-0.1, -0.05) is 12.2 Å². The molecular formula is C8H14N4OS2. The van der Waals surface area contributed by atoms with E-state index in [9.17, 15) is 0 Å². The lowest BCUT2D eigenvalue weighted by Gasteiger charge is -2.33. The number of morpholine rings is 1. The molecule has 0 atom stereocenters. The summed E-state index contributed by atoms with van der Waals surface area (Å²) in [5, 5.41) is 2.78. The summed E-state index contributed by atoms with van der Waals surface area (Å²) in [6, 6.07) is 0. The predicted molar refractivity (Wildman–Crippen MR) is 64.5 cm³/mol. The molecule has 84 valence electrons. The summed E-state index contributed by atoms with van der Waals surface area (Å²) in [6.45, 7) is 4.33. The number of hydrogen-bond donors (Lipinski definition) is 1. The molecule has 0 spiro atoms. The zero-order valence-corrected chi connectivity index (χ0v) is 9.97. The van der Waals surface area contributed by atoms with E-state index in [1.54, 1.807) is 5.49 Å². The van der Waals surface area contributed by atoms with Crippen LogP contribution in [0.5, 0.6) is 0 Å². The molecule has 0 unspecified atom stereocenters. The Morgan fingerprint density at radius 1 is 1.53 bits per heavy atom. The molecule has 0 aromatic heterocycles. The van der Waals surface area contributed by atoms with Gasteiger partial charge in [-0.05, 0) is 0 Å². The quantitative estimate of drug-likeness (QED) is 0.562. The first-order valence-corrected chi connectivity index (χ1v) is 6.00. The van der Waals surface area contributed by atoms with E-state index >= 15 is 0 Å². The molecule has 7 heteroatoms. The molecule has 0 aromatic rings. The van der Waals surface area contributed by atoms with Gasteiger partial charge in [0.1, 0.15) is 5.03 Å². The zero-order valence-electron chi connectivity index (χ0n) is 8.33. The smallest absolute Gasteiger partial charge is 0.107 e. The van der Waals surface area contributed by atoms with E-state index < -0.39 is 0 Å². The molecule has 0 radical (unpaired) electrons. The van der Waals surface area contributed by atoms with Gasteiger partial charge in [0.15, 0.2) is 0 Å². The first-order valence-electron chi connectivity index (χ1n) is 4.76. The van der Waals surface area contributed by atoms with Crippen LogP contribution in [-0.2, 0) is 4.74 Å². The van der Waals surface area contributed by atoms with Crippen molar-refractivity contribution in [3.8, 4) is 0 Å². The molecule has 5 nitrogen and oxygen atoms in total. The van der Waals surface area contributed by atoms with Gasteiger partial charge in [0.05, 0.1) is 31.6 Å². The van der Waals surface area contributed by atoms with E-state index in [1.807, 2.05) is 15.6 Å². The van der Waals surface area contributed by atoms with E-state index in [-0.39, 0.29) is 0 Å². The minimum atomic E-state index is 0.768. The number of thiocarbonyl (C=S) groups is 1. The molecule has 2 N–H and O–H groups in total. The van der Waals surface area contributed by atoms with Crippen LogP contribution in [0.1, 0.15) is 0 Å². The van der Waals surface area contributed by atoms with Gasteiger partial charge < -0.3 is 10.5 Å². The summed E-state index contributed by atoms with van der Waals surface area (Å²) in [4.78, 5) is 2.31. The summed E-state index contributed by atoms with van der Waals surface area (Å²) < 4.78 is 7.15. The lowest BCUT2D eigenvalue weighted by Crippen LogP contribution is -2.45. The number of hydrogen-bond acceptors (Lipinski definition) is 6. The Balaban J connectivity index is 1.89. The molecule has 0 aromatic carbocycles. The highest BCUT2D eigenvalue weighted by Gasteiger charge is 2.22. The highest BCUT2D eigenvalue weighted by atomic mass is 32.2. The lowest BCUT2D eigenvalue weighted by molar-refractivity contribution is 0.00360. The molecule has 0 amide bonds. The Bertz CT molecular complexity index is 267. The second-order valence-electron chi connectivity index (χ2n) is 3.34. The second-order valence-corrected chi connectivity index (χ2v) is 4.58. The van der Waals surface area contributed by atoms with Crippen molar-refractivity contribution in [1.29, 1.82) is 0 Å². The Morgan fingerprint density at radius 2 is 2.27 bits per heavy atom. The second kappa shape index (κ2) is 5.02. The van der Waals surface area contributed by atoms with E-state index in [0.717, 1.165) is 38.0 Å². The van der Waals surface area contributed by atoms with Gasteiger partial charge in [0, 0.05) is 25.0 Å². The van der Waals surface area contributed by atoms with Gasteiger partial charge in [0.2, 0.25) is 0 Å². The molecule has 2 rings (SSSR count). The topological polar surface area (TPSA) is 45.0 Å². The highest BCUT2D eigenvalue weighted by Crippen LogP contribution is 2.26. The summed E-state index contributed by atoms with van der Waals surface area (Å²) in [5.74, 6) is 0. The van der Waals surface area contributed by atoms with Crippen molar-refractivity contribution >= 4 is 29.7 Å². The molecule has 15 heavy (non-hydrogen) atoms. The van der Waals surface area contributed by atoms with Crippen molar-refractivity contribution in [1.82, 2.24) is 14.3 Å². The minimum Gasteiger partial charge on any atom is -0.391 e. The third-order valence-corrected chi connectivity index (χ3v) is 3.42. The Kier molecular flexibility index (Phi) is 3.68. The van der Waals surface area contributed by atoms with Gasteiger partial charge in [-0.3, -0.25) is 9.91 Å². The number of hydrazine groups is 1. The monoisotopic (exact) mass is 246 g/mol. The fourth-order valence-electron chi connectivity index (χ4n) is 1.52. The normalized spacial score (nSPS) is 23.1. The summed E-state index contributed by atoms with van der Waals surface area (Å²) in [5.41, 5.74) is 7.33. The van der Waals surface area contributed by atoms with Crippen molar-refractivity contribution in [3.63, 3.8) is 0 Å². The average Bonchev–Trinajstić information content (AvgIpc) is 2.60. The first kappa shape index (κ1) is 11.0. The van der Waals surface area contributed by atoms with Crippen LogP contribution in [0.15, 0.2) is 11.2 Å². The van der Waals surface area contributed by atoms with E-state index in [0.29, 0.717) is 0 Å². The molecule has 0 bridgehead atoms. The van der Waals surface area contributed by atoms with E-state index in [2.05, 4.69) is 4.90 Å². The van der Waals surface area contributed by atoms with Gasteiger partial charge in [-0.25, -0.2) is 4.41 Å². The van der Waals surface area contributed by atoms with Gasteiger partial charge in [-0.15, -0.1) is 0 Å². The minimum absolute atomic E-state index is 0.768. The van der Waals surface area contributed by atoms with Crippen LogP contribution in [0.2, 0.25) is 0 Å². The maximum Gasteiger partial charge on any atom is 0.107 e. The third-order valence-electron chi connectivity index (χ3n) is 2.27. The van der Waals surface area contributed by atoms with Crippen LogP contribution in [0.4, 0.5) is 0 Å². The Morgan fingerprint density at radius 3 is 2.93 bits per heavy atom. The van der Waals surface area contributed by atoms with Crippen LogP contribution >= 0.6 is 24.2 Å².